The van der Waals surface area contributed by atoms with Crippen molar-refractivity contribution in [2.24, 2.45) is 11.5 Å². The molecule has 0 saturated carbocycles. The average molecular weight is 181 g/mol. The van der Waals surface area contributed by atoms with Gasteiger partial charge in [-0.25, -0.2) is 0 Å². The van der Waals surface area contributed by atoms with Crippen LogP contribution in [0.5, 0.6) is 0 Å². The van der Waals surface area contributed by atoms with Crippen LogP contribution >= 0.6 is 15.9 Å². The molecule has 0 aromatic rings. The van der Waals surface area contributed by atoms with Crippen LogP contribution < -0.4 is 11.5 Å². The minimum atomic E-state index is -1.18. The molecule has 0 aliphatic rings. The van der Waals surface area contributed by atoms with Crippen molar-refractivity contribution in [3.05, 3.63) is 0 Å². The van der Waals surface area contributed by atoms with Crippen molar-refractivity contribution in [3.63, 3.8) is 0 Å². The van der Waals surface area contributed by atoms with Crippen molar-refractivity contribution < 1.29 is 4.79 Å². The quantitative estimate of drug-likeness (QED) is 0.462. The molecule has 0 aromatic carbocycles. The maximum Gasteiger partial charge on any atom is 0.231 e. The highest BCUT2D eigenvalue weighted by molar-refractivity contribution is 9.18. The Kier molecular flexibility index (Phi) is 2.59. The van der Waals surface area contributed by atoms with E-state index in [1.165, 1.54) is 0 Å². The van der Waals surface area contributed by atoms with E-state index in [0.717, 1.165) is 0 Å². The molecule has 0 rings (SSSR count). The summed E-state index contributed by atoms with van der Waals surface area (Å²) in [6.45, 7) is 1.75. The minimum Gasteiger partial charge on any atom is -0.306 e. The lowest BCUT2D eigenvalue weighted by molar-refractivity contribution is -0.114. The van der Waals surface area contributed by atoms with Gasteiger partial charge in [-0.3, -0.25) is 4.79 Å². The third-order valence-corrected chi connectivity index (χ3v) is 1.69. The Balaban J connectivity index is 3.91. The maximum absolute atomic E-state index is 10.4. The van der Waals surface area contributed by atoms with Gasteiger partial charge in [-0.2, -0.15) is 0 Å². The monoisotopic (exact) mass is 180 g/mol. The second-order valence-electron chi connectivity index (χ2n) is 1.67. The fourth-order valence-corrected chi connectivity index (χ4v) is 0.419. The molecule has 0 saturated heterocycles. The molecule has 0 aliphatic carbocycles. The largest absolute Gasteiger partial charge is 0.306 e. The van der Waals surface area contributed by atoms with Gasteiger partial charge < -0.3 is 11.5 Å². The highest BCUT2D eigenvalue weighted by Crippen LogP contribution is 2.02. The summed E-state index contributed by atoms with van der Waals surface area (Å²) in [5.74, 6) is 0. The first-order valence-electron chi connectivity index (χ1n) is 2.28. The molecule has 0 bridgehead atoms. The van der Waals surface area contributed by atoms with Crippen LogP contribution in [0.1, 0.15) is 13.3 Å². The standard InChI is InChI=1S/C4H9BrN2O/c1-2-4(6,7)3(5)8/h2,6-7H2,1H3. The molecule has 0 radical (unpaired) electrons. The first kappa shape index (κ1) is 8.07. The molecule has 0 aliphatic heterocycles. The van der Waals surface area contributed by atoms with Crippen molar-refractivity contribution in [2.75, 3.05) is 0 Å². The fraction of sp³-hybridized carbons (Fsp3) is 0.750. The van der Waals surface area contributed by atoms with Gasteiger partial charge in [0.1, 0.15) is 5.66 Å². The van der Waals surface area contributed by atoms with Crippen LogP contribution in [-0.2, 0) is 4.79 Å². The van der Waals surface area contributed by atoms with Crippen LogP contribution in [0.25, 0.3) is 0 Å². The van der Waals surface area contributed by atoms with Gasteiger partial charge in [-0.15, -0.1) is 0 Å². The van der Waals surface area contributed by atoms with Gasteiger partial charge in [0.2, 0.25) is 4.69 Å². The van der Waals surface area contributed by atoms with Crippen molar-refractivity contribution in [3.8, 4) is 0 Å². The van der Waals surface area contributed by atoms with E-state index in [-0.39, 0.29) is 4.69 Å². The van der Waals surface area contributed by atoms with E-state index < -0.39 is 5.66 Å². The molecule has 0 amide bonds. The lowest BCUT2D eigenvalue weighted by Gasteiger charge is -2.15. The first-order valence-corrected chi connectivity index (χ1v) is 3.07. The number of rotatable bonds is 2. The number of carbonyl (C=O) groups is 1. The number of carbonyl (C=O) groups excluding carboxylic acids is 1. The zero-order chi connectivity index (χ0) is 6.78. The number of halogens is 1. The predicted molar refractivity (Wildman–Crippen MR) is 35.3 cm³/mol. The summed E-state index contributed by atoms with van der Waals surface area (Å²) in [6.07, 6.45) is 0.442. The fourth-order valence-electron chi connectivity index (χ4n) is 0.139. The van der Waals surface area contributed by atoms with E-state index in [0.29, 0.717) is 6.42 Å². The van der Waals surface area contributed by atoms with E-state index in [4.69, 9.17) is 11.5 Å². The molecule has 0 fully saturated rings. The molecule has 0 atom stereocenters. The first-order chi connectivity index (χ1) is 3.50. The van der Waals surface area contributed by atoms with E-state index >= 15 is 0 Å². The summed E-state index contributed by atoms with van der Waals surface area (Å²) < 4.78 is -0.354. The molecule has 0 heterocycles. The van der Waals surface area contributed by atoms with Gasteiger partial charge in [0.25, 0.3) is 0 Å². The van der Waals surface area contributed by atoms with Crippen LogP contribution in [0.2, 0.25) is 0 Å². The van der Waals surface area contributed by atoms with Crippen LogP contribution in [0.15, 0.2) is 0 Å². The molecule has 4 heteroatoms. The summed E-state index contributed by atoms with van der Waals surface area (Å²) in [5, 5.41) is 0. The summed E-state index contributed by atoms with van der Waals surface area (Å²) in [6, 6.07) is 0. The predicted octanol–water partition coefficient (Wildman–Crippen LogP) is -0.0684. The molecule has 3 nitrogen and oxygen atoms in total. The van der Waals surface area contributed by atoms with Crippen LogP contribution in [0.3, 0.4) is 0 Å². The normalized spacial score (nSPS) is 11.5. The van der Waals surface area contributed by atoms with Gasteiger partial charge in [0.05, 0.1) is 0 Å². The molecular weight excluding hydrogens is 172 g/mol. The Labute approximate surface area is 56.5 Å². The summed E-state index contributed by atoms with van der Waals surface area (Å²) in [7, 11) is 0. The highest BCUT2D eigenvalue weighted by Gasteiger charge is 2.23. The van der Waals surface area contributed by atoms with E-state index in [9.17, 15) is 4.79 Å². The second kappa shape index (κ2) is 2.57. The highest BCUT2D eigenvalue weighted by atomic mass is 79.9. The second-order valence-corrected chi connectivity index (χ2v) is 2.39. The van der Waals surface area contributed by atoms with Crippen LogP contribution in [0.4, 0.5) is 0 Å². The maximum atomic E-state index is 10.4. The van der Waals surface area contributed by atoms with E-state index in [1.807, 2.05) is 0 Å². The van der Waals surface area contributed by atoms with Gasteiger partial charge in [0, 0.05) is 0 Å². The summed E-state index contributed by atoms with van der Waals surface area (Å²) in [5.41, 5.74) is 9.30. The molecule has 0 aromatic heterocycles. The Morgan fingerprint density at radius 3 is 2.12 bits per heavy atom. The number of nitrogens with two attached hydrogens (primary N) is 2. The smallest absolute Gasteiger partial charge is 0.231 e. The number of hydrogen-bond acceptors (Lipinski definition) is 3. The topological polar surface area (TPSA) is 69.1 Å². The Hall–Kier alpha value is 0.0700. The lowest BCUT2D eigenvalue weighted by atomic mass is 10.2. The van der Waals surface area contributed by atoms with Crippen molar-refractivity contribution in [2.45, 2.75) is 19.0 Å². The lowest BCUT2D eigenvalue weighted by Crippen LogP contribution is -2.53. The van der Waals surface area contributed by atoms with E-state index in [2.05, 4.69) is 15.9 Å². The molecule has 4 N–H and O–H groups in total. The molecular formula is C4H9BrN2O. The SMILES string of the molecule is CCC(N)(N)C(=O)Br. The Bertz CT molecular complexity index is 102. The molecule has 48 valence electrons. The average Bonchev–Trinajstić information content (AvgIpc) is 1.67. The van der Waals surface area contributed by atoms with E-state index in [1.54, 1.807) is 6.92 Å². The van der Waals surface area contributed by atoms with Gasteiger partial charge in [-0.1, -0.05) is 6.92 Å². The van der Waals surface area contributed by atoms with Crippen molar-refractivity contribution in [1.82, 2.24) is 0 Å². The molecule has 0 unspecified atom stereocenters. The molecule has 0 spiro atoms. The van der Waals surface area contributed by atoms with Crippen molar-refractivity contribution >= 4 is 20.6 Å². The van der Waals surface area contributed by atoms with Gasteiger partial charge >= 0.3 is 0 Å². The number of hydrogen-bond donors (Lipinski definition) is 2. The third-order valence-electron chi connectivity index (χ3n) is 0.951. The zero-order valence-electron chi connectivity index (χ0n) is 4.65. The molecule has 8 heavy (non-hydrogen) atoms. The Morgan fingerprint density at radius 2 is 2.12 bits per heavy atom. The zero-order valence-corrected chi connectivity index (χ0v) is 6.23. The summed E-state index contributed by atoms with van der Waals surface area (Å²) >= 11 is 2.67. The minimum absolute atomic E-state index is 0.354. The van der Waals surface area contributed by atoms with Crippen LogP contribution in [-0.4, -0.2) is 10.4 Å². The van der Waals surface area contributed by atoms with Crippen LogP contribution in [0, 0.1) is 0 Å². The summed E-state index contributed by atoms with van der Waals surface area (Å²) in [4.78, 5) is 10.4. The van der Waals surface area contributed by atoms with Gasteiger partial charge in [-0.05, 0) is 22.4 Å². The third kappa shape index (κ3) is 1.90. The van der Waals surface area contributed by atoms with Gasteiger partial charge in [0.15, 0.2) is 0 Å². The van der Waals surface area contributed by atoms with Crippen molar-refractivity contribution in [1.29, 1.82) is 0 Å². The Morgan fingerprint density at radius 1 is 1.75 bits per heavy atom.